The maximum Gasteiger partial charge on any atom is 0.329 e. The number of H-pyrrole nitrogens is 1. The quantitative estimate of drug-likeness (QED) is 0.549. The van der Waals surface area contributed by atoms with Gasteiger partial charge < -0.3 is 15.7 Å². The summed E-state index contributed by atoms with van der Waals surface area (Å²) in [4.78, 5) is 22.8. The zero-order valence-corrected chi connectivity index (χ0v) is 10.2. The minimum atomic E-state index is -1.25. The molecule has 1 aromatic heterocycles. The van der Waals surface area contributed by atoms with Crippen LogP contribution >= 0.6 is 0 Å². The molecule has 4 N–H and O–H groups in total. The third kappa shape index (κ3) is 3.15. The summed E-state index contributed by atoms with van der Waals surface area (Å²) in [5.74, 6) is -0.735. The van der Waals surface area contributed by atoms with Gasteiger partial charge in [-0.25, -0.2) is 9.59 Å². The Kier molecular flexibility index (Phi) is 4.58. The zero-order valence-electron chi connectivity index (χ0n) is 10.2. The van der Waals surface area contributed by atoms with Gasteiger partial charge in [0.25, 0.3) is 0 Å². The molecule has 1 heterocycles. The van der Waals surface area contributed by atoms with Crippen LogP contribution in [0.25, 0.3) is 0 Å². The second-order valence-electron chi connectivity index (χ2n) is 3.73. The summed E-state index contributed by atoms with van der Waals surface area (Å²) in [5, 5.41) is 27.0. The highest BCUT2D eigenvalue weighted by atomic mass is 16.4. The van der Waals surface area contributed by atoms with E-state index in [0.29, 0.717) is 18.7 Å². The van der Waals surface area contributed by atoms with E-state index in [9.17, 15) is 9.59 Å². The van der Waals surface area contributed by atoms with E-state index in [-0.39, 0.29) is 6.54 Å². The van der Waals surface area contributed by atoms with Crippen LogP contribution in [0.5, 0.6) is 0 Å². The molecule has 100 valence electrons. The molecule has 0 aliphatic heterocycles. The molecule has 2 amide bonds. The Morgan fingerprint density at radius 2 is 2.06 bits per heavy atom. The predicted octanol–water partition coefficient (Wildman–Crippen LogP) is -0.358. The molecule has 0 fully saturated rings. The smallest absolute Gasteiger partial charge is 0.329 e. The number of rotatable bonds is 6. The van der Waals surface area contributed by atoms with Crippen molar-refractivity contribution in [3.63, 3.8) is 0 Å². The number of amides is 2. The molecular weight excluding hydrogens is 240 g/mol. The van der Waals surface area contributed by atoms with Crippen molar-refractivity contribution in [3.05, 3.63) is 5.82 Å². The average Bonchev–Trinajstić information content (AvgIpc) is 2.86. The Labute approximate surface area is 103 Å². The summed E-state index contributed by atoms with van der Waals surface area (Å²) in [5.41, 5.74) is -1.25. The first kappa shape index (κ1) is 13.9. The average molecular weight is 256 g/mol. The first-order valence-corrected chi connectivity index (χ1v) is 5.55. The number of nitrogens with one attached hydrogen (secondary N) is 3. The second-order valence-corrected chi connectivity index (χ2v) is 3.73. The second kappa shape index (κ2) is 5.94. The topological polar surface area (TPSA) is 133 Å². The number of hydrogen-bond donors (Lipinski definition) is 4. The SMILES string of the molecule is CCC(CC)(NC(=O)NCc1nn[nH]n1)C(=O)O. The Balaban J connectivity index is 2.54. The van der Waals surface area contributed by atoms with Gasteiger partial charge in [-0.15, -0.1) is 10.2 Å². The van der Waals surface area contributed by atoms with Crippen LogP contribution in [-0.4, -0.2) is 43.3 Å². The molecule has 0 bridgehead atoms. The summed E-state index contributed by atoms with van der Waals surface area (Å²) in [6, 6.07) is -0.578. The van der Waals surface area contributed by atoms with Gasteiger partial charge in [-0.1, -0.05) is 19.1 Å². The molecular formula is C9H16N6O3. The number of nitrogens with zero attached hydrogens (tertiary/aromatic N) is 3. The Bertz CT molecular complexity index is 400. The number of urea groups is 1. The minimum absolute atomic E-state index is 0.0749. The van der Waals surface area contributed by atoms with E-state index in [4.69, 9.17) is 5.11 Å². The molecule has 0 aromatic carbocycles. The molecule has 18 heavy (non-hydrogen) atoms. The van der Waals surface area contributed by atoms with Crippen molar-refractivity contribution in [2.45, 2.75) is 38.8 Å². The van der Waals surface area contributed by atoms with Gasteiger partial charge in [-0.2, -0.15) is 5.21 Å². The van der Waals surface area contributed by atoms with Crippen LogP contribution in [0.3, 0.4) is 0 Å². The largest absolute Gasteiger partial charge is 0.480 e. The van der Waals surface area contributed by atoms with Crippen molar-refractivity contribution in [1.82, 2.24) is 31.3 Å². The lowest BCUT2D eigenvalue weighted by molar-refractivity contribution is -0.144. The maximum absolute atomic E-state index is 11.6. The number of aromatic amines is 1. The predicted molar refractivity (Wildman–Crippen MR) is 60.5 cm³/mol. The molecule has 0 saturated carbocycles. The molecule has 0 aliphatic rings. The Morgan fingerprint density at radius 1 is 1.39 bits per heavy atom. The molecule has 9 heteroatoms. The van der Waals surface area contributed by atoms with Crippen molar-refractivity contribution in [2.75, 3.05) is 0 Å². The monoisotopic (exact) mass is 256 g/mol. The zero-order chi connectivity index (χ0) is 13.6. The molecule has 0 saturated heterocycles. The van der Waals surface area contributed by atoms with Crippen LogP contribution in [0, 0.1) is 0 Å². The van der Waals surface area contributed by atoms with Gasteiger partial charge in [-0.3, -0.25) is 0 Å². The van der Waals surface area contributed by atoms with Gasteiger partial charge in [-0.05, 0) is 12.8 Å². The molecule has 0 radical (unpaired) electrons. The summed E-state index contributed by atoms with van der Waals surface area (Å²) < 4.78 is 0. The third-order valence-electron chi connectivity index (χ3n) is 2.77. The number of carbonyl (C=O) groups is 2. The number of tetrazole rings is 1. The van der Waals surface area contributed by atoms with Crippen molar-refractivity contribution in [3.8, 4) is 0 Å². The van der Waals surface area contributed by atoms with Crippen LogP contribution in [0.15, 0.2) is 0 Å². The lowest BCUT2D eigenvalue weighted by atomic mass is 9.93. The number of hydrogen-bond acceptors (Lipinski definition) is 5. The Hall–Kier alpha value is -2.19. The van der Waals surface area contributed by atoms with Crippen LogP contribution in [0.1, 0.15) is 32.5 Å². The molecule has 0 unspecified atom stereocenters. The minimum Gasteiger partial charge on any atom is -0.480 e. The van der Waals surface area contributed by atoms with Gasteiger partial charge in [0.15, 0.2) is 5.82 Å². The van der Waals surface area contributed by atoms with Crippen LogP contribution in [0.4, 0.5) is 4.79 Å². The number of aliphatic carboxylic acids is 1. The summed E-state index contributed by atoms with van der Waals surface area (Å²) in [6.45, 7) is 3.49. The van der Waals surface area contributed by atoms with Crippen LogP contribution in [-0.2, 0) is 11.3 Å². The molecule has 0 aliphatic carbocycles. The van der Waals surface area contributed by atoms with Crippen LogP contribution < -0.4 is 10.6 Å². The van der Waals surface area contributed by atoms with Crippen molar-refractivity contribution in [1.29, 1.82) is 0 Å². The van der Waals surface area contributed by atoms with Crippen LogP contribution in [0.2, 0.25) is 0 Å². The van der Waals surface area contributed by atoms with Crippen molar-refractivity contribution in [2.24, 2.45) is 0 Å². The van der Waals surface area contributed by atoms with E-state index >= 15 is 0 Å². The third-order valence-corrected chi connectivity index (χ3v) is 2.77. The highest BCUT2D eigenvalue weighted by Crippen LogP contribution is 2.15. The van der Waals surface area contributed by atoms with E-state index < -0.39 is 17.5 Å². The van der Waals surface area contributed by atoms with E-state index in [1.54, 1.807) is 13.8 Å². The maximum atomic E-state index is 11.6. The number of aromatic nitrogens is 4. The first-order valence-electron chi connectivity index (χ1n) is 5.55. The lowest BCUT2D eigenvalue weighted by Crippen LogP contribution is -2.56. The number of carboxylic acid groups (broad SMARTS) is 1. The van der Waals surface area contributed by atoms with Crippen molar-refractivity contribution < 1.29 is 14.7 Å². The molecule has 1 aromatic rings. The molecule has 0 atom stereocenters. The van der Waals surface area contributed by atoms with Gasteiger partial charge in [0.2, 0.25) is 0 Å². The van der Waals surface area contributed by atoms with E-state index in [2.05, 4.69) is 31.3 Å². The number of carbonyl (C=O) groups excluding carboxylic acids is 1. The molecule has 0 spiro atoms. The van der Waals surface area contributed by atoms with E-state index in [1.807, 2.05) is 0 Å². The normalized spacial score (nSPS) is 11.0. The highest BCUT2D eigenvalue weighted by Gasteiger charge is 2.36. The fourth-order valence-corrected chi connectivity index (χ4v) is 1.46. The highest BCUT2D eigenvalue weighted by molar-refractivity contribution is 5.86. The molecule has 1 rings (SSSR count). The fourth-order valence-electron chi connectivity index (χ4n) is 1.46. The summed E-state index contributed by atoms with van der Waals surface area (Å²) in [6.07, 6.45) is 0.600. The first-order chi connectivity index (χ1) is 8.54. The lowest BCUT2D eigenvalue weighted by Gasteiger charge is -2.27. The van der Waals surface area contributed by atoms with Gasteiger partial charge in [0.05, 0.1) is 6.54 Å². The van der Waals surface area contributed by atoms with E-state index in [0.717, 1.165) is 0 Å². The molecule has 9 nitrogen and oxygen atoms in total. The number of carboxylic acids is 1. The van der Waals surface area contributed by atoms with Gasteiger partial charge >= 0.3 is 12.0 Å². The van der Waals surface area contributed by atoms with Crippen molar-refractivity contribution >= 4 is 12.0 Å². The Morgan fingerprint density at radius 3 is 2.50 bits per heavy atom. The fraction of sp³-hybridized carbons (Fsp3) is 0.667. The summed E-state index contributed by atoms with van der Waals surface area (Å²) in [7, 11) is 0. The van der Waals surface area contributed by atoms with Gasteiger partial charge in [0, 0.05) is 0 Å². The van der Waals surface area contributed by atoms with E-state index in [1.165, 1.54) is 0 Å². The summed E-state index contributed by atoms with van der Waals surface area (Å²) >= 11 is 0. The standard InChI is InChI=1S/C9H16N6O3/c1-3-9(4-2,7(16)17)11-8(18)10-5-6-12-14-15-13-6/h3-5H2,1-2H3,(H,16,17)(H2,10,11,18)(H,12,13,14,15). The van der Waals surface area contributed by atoms with Gasteiger partial charge in [0.1, 0.15) is 5.54 Å².